The molecule has 1 N–H and O–H groups in total. The van der Waals surface area contributed by atoms with E-state index in [0.717, 1.165) is 17.7 Å². The summed E-state index contributed by atoms with van der Waals surface area (Å²) in [5.74, 6) is -1.38. The average molecular weight is 721 g/mol. The zero-order chi connectivity index (χ0) is 35.1. The number of aryl methyl sites for hydroxylation is 1. The minimum Gasteiger partial charge on any atom is -0.354 e. The van der Waals surface area contributed by atoms with Gasteiger partial charge in [-0.05, 0) is 61.4 Å². The van der Waals surface area contributed by atoms with E-state index < -0.39 is 46.2 Å². The third-order valence-corrected chi connectivity index (χ3v) is 10.1. The van der Waals surface area contributed by atoms with Crippen molar-refractivity contribution in [1.29, 1.82) is 0 Å². The van der Waals surface area contributed by atoms with Gasteiger partial charge in [0.15, 0.2) is 0 Å². The van der Waals surface area contributed by atoms with E-state index >= 15 is 0 Å². The molecule has 0 aliphatic rings. The summed E-state index contributed by atoms with van der Waals surface area (Å²) in [5.41, 5.74) is 0.281. The van der Waals surface area contributed by atoms with Crippen molar-refractivity contribution in [2.24, 2.45) is 0 Å². The van der Waals surface area contributed by atoms with E-state index in [1.54, 1.807) is 67.6 Å². The summed E-state index contributed by atoms with van der Waals surface area (Å²) in [7, 11) is -4.60. The molecule has 4 aromatic carbocycles. The van der Waals surface area contributed by atoms with Crippen LogP contribution in [0.3, 0.4) is 0 Å². The van der Waals surface area contributed by atoms with Crippen LogP contribution in [0.5, 0.6) is 0 Å². The second kappa shape index (κ2) is 15.9. The van der Waals surface area contributed by atoms with Crippen molar-refractivity contribution >= 4 is 50.7 Å². The minimum absolute atomic E-state index is 0.0401. The van der Waals surface area contributed by atoms with Crippen LogP contribution in [0.2, 0.25) is 10.0 Å². The lowest BCUT2D eigenvalue weighted by atomic mass is 10.0. The van der Waals surface area contributed by atoms with Crippen LogP contribution in [0.25, 0.3) is 0 Å². The van der Waals surface area contributed by atoms with Gasteiger partial charge in [-0.2, -0.15) is 13.2 Å². The van der Waals surface area contributed by atoms with Crippen LogP contribution in [-0.4, -0.2) is 44.3 Å². The molecule has 0 saturated carbocycles. The van der Waals surface area contributed by atoms with Crippen LogP contribution in [0.15, 0.2) is 102 Å². The van der Waals surface area contributed by atoms with Gasteiger partial charge in [-0.15, -0.1) is 0 Å². The number of nitrogens with one attached hydrogen (secondary N) is 1. The Hall–Kier alpha value is -4.06. The molecule has 0 radical (unpaired) electrons. The van der Waals surface area contributed by atoms with Gasteiger partial charge in [-0.25, -0.2) is 8.42 Å². The van der Waals surface area contributed by atoms with Gasteiger partial charge in [0.05, 0.1) is 16.1 Å². The highest BCUT2D eigenvalue weighted by Crippen LogP contribution is 2.34. The van der Waals surface area contributed by atoms with Gasteiger partial charge in [0, 0.05) is 35.1 Å². The molecule has 7 nitrogen and oxygen atoms in total. The SMILES string of the molecule is CCCNC(=O)[C@@H](Cc1ccccc1)N(Cc1c(Cl)cccc1Cl)C(=O)CN(c1cccc(C(F)(F)F)c1)S(=O)(=O)c1ccc(C)cc1. The Balaban J connectivity index is 1.87. The number of anilines is 1. The van der Waals surface area contributed by atoms with E-state index in [0.29, 0.717) is 34.5 Å². The Labute approximate surface area is 288 Å². The van der Waals surface area contributed by atoms with Crippen LogP contribution < -0.4 is 9.62 Å². The van der Waals surface area contributed by atoms with E-state index in [-0.39, 0.29) is 33.6 Å². The molecule has 254 valence electrons. The monoisotopic (exact) mass is 719 g/mol. The second-order valence-electron chi connectivity index (χ2n) is 11.1. The van der Waals surface area contributed by atoms with Crippen molar-refractivity contribution in [3.63, 3.8) is 0 Å². The summed E-state index contributed by atoms with van der Waals surface area (Å²) in [5, 5.41) is 3.22. The first kappa shape index (κ1) is 36.8. The number of carbonyl (C=O) groups is 2. The third-order valence-electron chi connectivity index (χ3n) is 7.56. The molecule has 0 heterocycles. The molecule has 0 aromatic heterocycles. The van der Waals surface area contributed by atoms with E-state index in [1.807, 2.05) is 6.92 Å². The average Bonchev–Trinajstić information content (AvgIpc) is 3.05. The number of rotatable bonds is 13. The maximum absolute atomic E-state index is 14.5. The zero-order valence-electron chi connectivity index (χ0n) is 26.2. The molecule has 13 heteroatoms. The van der Waals surface area contributed by atoms with Crippen LogP contribution in [-0.2, 0) is 38.8 Å². The maximum atomic E-state index is 14.5. The van der Waals surface area contributed by atoms with Gasteiger partial charge in [0.2, 0.25) is 11.8 Å². The number of sulfonamides is 1. The van der Waals surface area contributed by atoms with E-state index in [1.165, 1.54) is 23.1 Å². The fraction of sp³-hybridized carbons (Fsp3) is 0.257. The van der Waals surface area contributed by atoms with Crippen LogP contribution in [0.1, 0.15) is 35.6 Å². The smallest absolute Gasteiger partial charge is 0.354 e. The van der Waals surface area contributed by atoms with Crippen molar-refractivity contribution in [2.45, 2.75) is 50.3 Å². The Kier molecular flexibility index (Phi) is 12.2. The van der Waals surface area contributed by atoms with Gasteiger partial charge in [0.1, 0.15) is 12.6 Å². The highest BCUT2D eigenvalue weighted by atomic mass is 35.5. The largest absolute Gasteiger partial charge is 0.416 e. The molecule has 4 rings (SSSR count). The number of carbonyl (C=O) groups excluding carboxylic acids is 2. The first-order valence-electron chi connectivity index (χ1n) is 15.0. The lowest BCUT2D eigenvalue weighted by molar-refractivity contribution is -0.140. The standard InChI is InChI=1S/C35H34Cl2F3N3O4S/c1-3-19-41-34(45)32(20-25-9-5-4-6-10-25)42(22-29-30(36)13-8-14-31(29)37)33(44)23-43(27-12-7-11-26(21-27)35(38,39)40)48(46,47)28-17-15-24(2)16-18-28/h4-18,21,32H,3,19-20,22-23H2,1-2H3,(H,41,45)/t32-/m1/s1. The molecule has 0 aliphatic heterocycles. The van der Waals surface area contributed by atoms with Gasteiger partial charge in [-0.1, -0.05) is 90.3 Å². The third kappa shape index (κ3) is 9.09. The lowest BCUT2D eigenvalue weighted by Gasteiger charge is -2.34. The summed E-state index contributed by atoms with van der Waals surface area (Å²) in [6.45, 7) is 2.68. The summed E-state index contributed by atoms with van der Waals surface area (Å²) >= 11 is 13.0. The van der Waals surface area contributed by atoms with Crippen LogP contribution in [0, 0.1) is 6.92 Å². The molecule has 48 heavy (non-hydrogen) atoms. The summed E-state index contributed by atoms with van der Waals surface area (Å²) in [6, 6.07) is 21.9. The predicted molar refractivity (Wildman–Crippen MR) is 181 cm³/mol. The Bertz CT molecular complexity index is 1820. The van der Waals surface area contributed by atoms with Crippen LogP contribution >= 0.6 is 23.2 Å². The number of amides is 2. The number of alkyl halides is 3. The van der Waals surface area contributed by atoms with E-state index in [4.69, 9.17) is 23.2 Å². The van der Waals surface area contributed by atoms with Crippen molar-refractivity contribution in [3.8, 4) is 0 Å². The summed E-state index contributed by atoms with van der Waals surface area (Å²) in [4.78, 5) is 29.2. The topological polar surface area (TPSA) is 86.8 Å². The molecule has 0 aliphatic carbocycles. The highest BCUT2D eigenvalue weighted by Gasteiger charge is 2.37. The van der Waals surface area contributed by atoms with Gasteiger partial charge in [0.25, 0.3) is 10.0 Å². The Morgan fingerprint density at radius 3 is 2.10 bits per heavy atom. The molecule has 1 atom stereocenters. The lowest BCUT2D eigenvalue weighted by Crippen LogP contribution is -2.53. The summed E-state index contributed by atoms with van der Waals surface area (Å²) < 4.78 is 70.2. The predicted octanol–water partition coefficient (Wildman–Crippen LogP) is 7.68. The number of hydrogen-bond donors (Lipinski definition) is 1. The van der Waals surface area contributed by atoms with E-state index in [2.05, 4.69) is 5.32 Å². The molecule has 0 unspecified atom stereocenters. The first-order chi connectivity index (χ1) is 22.7. The van der Waals surface area contributed by atoms with Gasteiger partial charge in [-0.3, -0.25) is 13.9 Å². The number of benzene rings is 4. The molecule has 0 fully saturated rings. The second-order valence-corrected chi connectivity index (χ2v) is 13.8. The Morgan fingerprint density at radius 1 is 0.875 bits per heavy atom. The molecular formula is C35H34Cl2F3N3O4S. The number of hydrogen-bond acceptors (Lipinski definition) is 4. The number of nitrogens with zero attached hydrogens (tertiary/aromatic N) is 2. The molecule has 0 bridgehead atoms. The van der Waals surface area contributed by atoms with Gasteiger partial charge < -0.3 is 10.2 Å². The maximum Gasteiger partial charge on any atom is 0.416 e. The number of halogens is 5. The molecule has 0 spiro atoms. The minimum atomic E-state index is -4.79. The van der Waals surface area contributed by atoms with Crippen molar-refractivity contribution < 1.29 is 31.2 Å². The van der Waals surface area contributed by atoms with Crippen molar-refractivity contribution in [3.05, 3.63) is 129 Å². The normalized spacial score (nSPS) is 12.3. The van der Waals surface area contributed by atoms with E-state index in [9.17, 15) is 31.2 Å². The molecule has 0 saturated heterocycles. The molecular weight excluding hydrogens is 686 g/mol. The fourth-order valence-electron chi connectivity index (χ4n) is 4.98. The molecule has 2 amide bonds. The Morgan fingerprint density at radius 2 is 1.50 bits per heavy atom. The summed E-state index contributed by atoms with van der Waals surface area (Å²) in [6.07, 6.45) is -4.14. The van der Waals surface area contributed by atoms with Crippen molar-refractivity contribution in [1.82, 2.24) is 10.2 Å². The zero-order valence-corrected chi connectivity index (χ0v) is 28.5. The quantitative estimate of drug-likeness (QED) is 0.154. The van der Waals surface area contributed by atoms with Gasteiger partial charge >= 0.3 is 6.18 Å². The van der Waals surface area contributed by atoms with Crippen LogP contribution in [0.4, 0.5) is 18.9 Å². The highest BCUT2D eigenvalue weighted by molar-refractivity contribution is 7.92. The molecule has 4 aromatic rings. The first-order valence-corrected chi connectivity index (χ1v) is 17.2. The van der Waals surface area contributed by atoms with Crippen molar-refractivity contribution in [2.75, 3.05) is 17.4 Å². The fourth-order valence-corrected chi connectivity index (χ4v) is 6.90.